The number of carbonyl (C=O) groups is 1. The van der Waals surface area contributed by atoms with E-state index in [1.54, 1.807) is 6.20 Å². The van der Waals surface area contributed by atoms with Crippen LogP contribution in [0.15, 0.2) is 18.5 Å². The number of nitrogens with zero attached hydrogens (tertiary/aromatic N) is 5. The van der Waals surface area contributed by atoms with Crippen molar-refractivity contribution < 1.29 is 4.79 Å². The standard InChI is InChI=1S/C15H20N6OS/c22-13(17-15-19-18-14(23-15)11-4-5-11)10-20-7-1-3-12(20)9-21-8-2-6-16-21/h2,6,8,11-12H,1,3-5,7,9-10H2,(H,17,19,22)/t12-/m1/s1. The second-order valence-corrected chi connectivity index (χ2v) is 7.27. The lowest BCUT2D eigenvalue weighted by Crippen LogP contribution is -2.39. The number of carbonyl (C=O) groups excluding carboxylic acids is 1. The Morgan fingerprint density at radius 1 is 1.35 bits per heavy atom. The predicted octanol–water partition coefficient (Wildman–Crippen LogP) is 1.72. The average molecular weight is 332 g/mol. The number of likely N-dealkylation sites (tertiary alicyclic amines) is 1. The van der Waals surface area contributed by atoms with Crippen molar-refractivity contribution in [3.63, 3.8) is 0 Å². The van der Waals surface area contributed by atoms with Gasteiger partial charge in [0.1, 0.15) is 5.01 Å². The van der Waals surface area contributed by atoms with Crippen molar-refractivity contribution in [2.45, 2.75) is 44.2 Å². The Bertz CT molecular complexity index is 665. The first-order valence-corrected chi connectivity index (χ1v) is 8.94. The Morgan fingerprint density at radius 3 is 3.04 bits per heavy atom. The minimum atomic E-state index is -0.00383. The molecule has 2 aromatic rings. The first kappa shape index (κ1) is 14.8. The highest BCUT2D eigenvalue weighted by Gasteiger charge is 2.29. The van der Waals surface area contributed by atoms with Gasteiger partial charge in [0, 0.05) is 24.4 Å². The van der Waals surface area contributed by atoms with E-state index in [9.17, 15) is 4.79 Å². The van der Waals surface area contributed by atoms with Crippen LogP contribution in [0.2, 0.25) is 0 Å². The molecule has 1 saturated carbocycles. The van der Waals surface area contributed by atoms with Gasteiger partial charge in [0.05, 0.1) is 13.1 Å². The molecule has 0 spiro atoms. The molecule has 1 atom stereocenters. The third-order valence-electron chi connectivity index (χ3n) is 4.42. The molecule has 122 valence electrons. The molecule has 1 aliphatic carbocycles. The van der Waals surface area contributed by atoms with E-state index in [2.05, 4.69) is 25.5 Å². The number of amides is 1. The number of hydrogen-bond donors (Lipinski definition) is 1. The van der Waals surface area contributed by atoms with E-state index < -0.39 is 0 Å². The largest absolute Gasteiger partial charge is 0.299 e. The van der Waals surface area contributed by atoms with Crippen LogP contribution in [0.5, 0.6) is 0 Å². The number of rotatable bonds is 6. The van der Waals surface area contributed by atoms with E-state index >= 15 is 0 Å². The molecule has 2 aliphatic rings. The molecule has 0 radical (unpaired) electrons. The summed E-state index contributed by atoms with van der Waals surface area (Å²) >= 11 is 1.51. The highest BCUT2D eigenvalue weighted by atomic mass is 32.1. The van der Waals surface area contributed by atoms with E-state index in [1.165, 1.54) is 24.2 Å². The summed E-state index contributed by atoms with van der Waals surface area (Å²) < 4.78 is 1.94. The molecule has 0 unspecified atom stereocenters. The molecule has 0 bridgehead atoms. The monoisotopic (exact) mass is 332 g/mol. The lowest BCUT2D eigenvalue weighted by Gasteiger charge is -2.23. The molecule has 0 aromatic carbocycles. The van der Waals surface area contributed by atoms with Crippen molar-refractivity contribution in [2.24, 2.45) is 0 Å². The molecule has 8 heteroatoms. The molecule has 2 aromatic heterocycles. The molecule has 4 rings (SSSR count). The fourth-order valence-corrected chi connectivity index (χ4v) is 3.99. The molecule has 1 aliphatic heterocycles. The molecule has 3 heterocycles. The number of nitrogens with one attached hydrogen (secondary N) is 1. The van der Waals surface area contributed by atoms with Gasteiger partial charge >= 0.3 is 0 Å². The lowest BCUT2D eigenvalue weighted by atomic mass is 10.2. The van der Waals surface area contributed by atoms with Gasteiger partial charge in [0.25, 0.3) is 0 Å². The zero-order valence-electron chi connectivity index (χ0n) is 12.9. The van der Waals surface area contributed by atoms with Crippen LogP contribution in [0.3, 0.4) is 0 Å². The normalized spacial score (nSPS) is 21.7. The van der Waals surface area contributed by atoms with Gasteiger partial charge in [-0.1, -0.05) is 11.3 Å². The summed E-state index contributed by atoms with van der Waals surface area (Å²) in [4.78, 5) is 14.5. The van der Waals surface area contributed by atoms with E-state index in [4.69, 9.17) is 0 Å². The van der Waals surface area contributed by atoms with Crippen molar-refractivity contribution in [1.29, 1.82) is 0 Å². The van der Waals surface area contributed by atoms with E-state index in [1.807, 2.05) is 16.9 Å². The predicted molar refractivity (Wildman–Crippen MR) is 87.3 cm³/mol. The van der Waals surface area contributed by atoms with E-state index in [0.717, 1.165) is 30.9 Å². The van der Waals surface area contributed by atoms with Gasteiger partial charge in [-0.15, -0.1) is 10.2 Å². The zero-order valence-corrected chi connectivity index (χ0v) is 13.7. The van der Waals surface area contributed by atoms with Gasteiger partial charge in [-0.25, -0.2) is 0 Å². The van der Waals surface area contributed by atoms with E-state index in [0.29, 0.717) is 23.6 Å². The van der Waals surface area contributed by atoms with E-state index in [-0.39, 0.29) is 5.91 Å². The Kier molecular flexibility index (Phi) is 4.09. The summed E-state index contributed by atoms with van der Waals surface area (Å²) in [5, 5.41) is 17.1. The van der Waals surface area contributed by atoms with Crippen LogP contribution >= 0.6 is 11.3 Å². The molecule has 2 fully saturated rings. The maximum atomic E-state index is 12.3. The highest BCUT2D eigenvalue weighted by Crippen LogP contribution is 2.42. The topological polar surface area (TPSA) is 75.9 Å². The molecule has 1 saturated heterocycles. The summed E-state index contributed by atoms with van der Waals surface area (Å²) in [5.41, 5.74) is 0. The average Bonchev–Trinajstić information content (AvgIpc) is 2.91. The fraction of sp³-hybridized carbons (Fsp3) is 0.600. The second-order valence-electron chi connectivity index (χ2n) is 6.26. The molecule has 1 amide bonds. The van der Waals surface area contributed by atoms with Crippen molar-refractivity contribution in [2.75, 3.05) is 18.4 Å². The third kappa shape index (κ3) is 3.59. The quantitative estimate of drug-likeness (QED) is 0.871. The molecular formula is C15H20N6OS. The number of aromatic nitrogens is 4. The summed E-state index contributed by atoms with van der Waals surface area (Å²) in [7, 11) is 0. The van der Waals surface area contributed by atoms with Gasteiger partial charge in [-0.05, 0) is 38.3 Å². The maximum Gasteiger partial charge on any atom is 0.240 e. The smallest absolute Gasteiger partial charge is 0.240 e. The van der Waals surface area contributed by atoms with Gasteiger partial charge in [0.15, 0.2) is 0 Å². The van der Waals surface area contributed by atoms with Gasteiger partial charge in [-0.3, -0.25) is 19.7 Å². The molecular weight excluding hydrogens is 312 g/mol. The SMILES string of the molecule is O=C(CN1CCC[C@@H]1Cn1cccn1)Nc1nnc(C2CC2)s1. The Morgan fingerprint density at radius 2 is 2.26 bits per heavy atom. The fourth-order valence-electron chi connectivity index (χ4n) is 3.06. The van der Waals surface area contributed by atoms with Crippen LogP contribution in [0.25, 0.3) is 0 Å². The minimum absolute atomic E-state index is 0.00383. The van der Waals surface area contributed by atoms with Gasteiger partial charge in [0.2, 0.25) is 11.0 Å². The van der Waals surface area contributed by atoms with Crippen LogP contribution in [0.4, 0.5) is 5.13 Å². The number of hydrogen-bond acceptors (Lipinski definition) is 6. The van der Waals surface area contributed by atoms with Crippen LogP contribution in [0.1, 0.15) is 36.6 Å². The van der Waals surface area contributed by atoms with Crippen molar-refractivity contribution in [3.8, 4) is 0 Å². The lowest BCUT2D eigenvalue weighted by molar-refractivity contribution is -0.117. The van der Waals surface area contributed by atoms with Crippen LogP contribution < -0.4 is 5.32 Å². The number of anilines is 1. The first-order chi connectivity index (χ1) is 11.3. The summed E-state index contributed by atoms with van der Waals surface area (Å²) in [6.07, 6.45) is 8.40. The van der Waals surface area contributed by atoms with Crippen LogP contribution in [-0.4, -0.2) is 49.9 Å². The summed E-state index contributed by atoms with van der Waals surface area (Å²) in [5.74, 6) is 0.575. The van der Waals surface area contributed by atoms with Crippen LogP contribution in [-0.2, 0) is 11.3 Å². The molecule has 23 heavy (non-hydrogen) atoms. The third-order valence-corrected chi connectivity index (χ3v) is 5.42. The zero-order chi connectivity index (χ0) is 15.6. The second kappa shape index (κ2) is 6.37. The Labute approximate surface area is 138 Å². The maximum absolute atomic E-state index is 12.3. The Hall–Kier alpha value is -1.80. The van der Waals surface area contributed by atoms with Crippen LogP contribution in [0, 0.1) is 0 Å². The van der Waals surface area contributed by atoms with Crippen molar-refractivity contribution in [1.82, 2.24) is 24.9 Å². The highest BCUT2D eigenvalue weighted by molar-refractivity contribution is 7.15. The molecule has 7 nitrogen and oxygen atoms in total. The first-order valence-electron chi connectivity index (χ1n) is 8.12. The minimum Gasteiger partial charge on any atom is -0.299 e. The summed E-state index contributed by atoms with van der Waals surface area (Å²) in [6, 6.07) is 2.30. The molecule has 1 N–H and O–H groups in total. The van der Waals surface area contributed by atoms with Gasteiger partial charge < -0.3 is 0 Å². The van der Waals surface area contributed by atoms with Crippen molar-refractivity contribution >= 4 is 22.4 Å². The summed E-state index contributed by atoms with van der Waals surface area (Å²) in [6.45, 7) is 2.21. The van der Waals surface area contributed by atoms with Crippen molar-refractivity contribution in [3.05, 3.63) is 23.5 Å². The van der Waals surface area contributed by atoms with Gasteiger partial charge in [-0.2, -0.15) is 5.10 Å². The Balaban J connectivity index is 1.31.